The van der Waals surface area contributed by atoms with Crippen molar-refractivity contribution in [3.05, 3.63) is 77.3 Å². The molecular formula is C21H17ClN2O4S. The van der Waals surface area contributed by atoms with E-state index in [1.807, 2.05) is 18.2 Å². The molecule has 4 rings (SSSR count). The molecule has 0 saturated heterocycles. The van der Waals surface area contributed by atoms with Gasteiger partial charge in [0.05, 0.1) is 17.0 Å². The zero-order valence-electron chi connectivity index (χ0n) is 15.4. The highest BCUT2D eigenvalue weighted by atomic mass is 35.5. The van der Waals surface area contributed by atoms with Gasteiger partial charge in [0, 0.05) is 17.8 Å². The number of carbonyl (C=O) groups excluding carboxylic acids is 1. The molecule has 1 aliphatic heterocycles. The summed E-state index contributed by atoms with van der Waals surface area (Å²) in [5.41, 5.74) is 1.60. The van der Waals surface area contributed by atoms with Crippen molar-refractivity contribution in [2.24, 2.45) is 0 Å². The van der Waals surface area contributed by atoms with Gasteiger partial charge in [0.1, 0.15) is 5.75 Å². The van der Waals surface area contributed by atoms with Gasteiger partial charge in [-0.25, -0.2) is 8.42 Å². The molecule has 1 heterocycles. The van der Waals surface area contributed by atoms with E-state index in [2.05, 4.69) is 4.72 Å². The van der Waals surface area contributed by atoms with Gasteiger partial charge >= 0.3 is 0 Å². The molecule has 8 heteroatoms. The van der Waals surface area contributed by atoms with Crippen molar-refractivity contribution in [1.29, 1.82) is 0 Å². The number of hydrogen-bond donors (Lipinski definition) is 1. The van der Waals surface area contributed by atoms with Crippen LogP contribution in [0.5, 0.6) is 11.5 Å². The summed E-state index contributed by atoms with van der Waals surface area (Å²) in [6, 6.07) is 18.3. The molecule has 0 saturated carbocycles. The Hall–Kier alpha value is -3.03. The zero-order valence-corrected chi connectivity index (χ0v) is 17.0. The lowest BCUT2D eigenvalue weighted by Gasteiger charge is -2.15. The monoisotopic (exact) mass is 428 g/mol. The predicted molar refractivity (Wildman–Crippen MR) is 112 cm³/mol. The standard InChI is InChI=1S/C21H17ClN2O4S/c1-24-19-9-8-17(11-14(19)12-21(24)25)29(26,27)23-18-13-15(22)7-10-20(18)28-16-5-3-2-4-6-16/h2-11,13,23H,12H2,1H3. The Morgan fingerprint density at radius 3 is 2.55 bits per heavy atom. The normalized spacial score (nSPS) is 13.3. The summed E-state index contributed by atoms with van der Waals surface area (Å²) in [4.78, 5) is 13.4. The van der Waals surface area contributed by atoms with Crippen LogP contribution in [0.2, 0.25) is 5.02 Å². The van der Waals surface area contributed by atoms with Gasteiger partial charge in [-0.1, -0.05) is 29.8 Å². The van der Waals surface area contributed by atoms with Crippen molar-refractivity contribution in [3.8, 4) is 11.5 Å². The van der Waals surface area contributed by atoms with Crippen molar-refractivity contribution in [2.75, 3.05) is 16.7 Å². The summed E-state index contributed by atoms with van der Waals surface area (Å²) in [5.74, 6) is 0.811. The van der Waals surface area contributed by atoms with E-state index in [0.717, 1.165) is 0 Å². The highest BCUT2D eigenvalue weighted by Crippen LogP contribution is 2.35. The lowest BCUT2D eigenvalue weighted by Crippen LogP contribution is -2.20. The second-order valence-corrected chi connectivity index (χ2v) is 8.70. The molecule has 0 fully saturated rings. The first-order valence-corrected chi connectivity index (χ1v) is 10.6. The minimum absolute atomic E-state index is 0.0602. The number of likely N-dealkylation sites (N-methyl/N-ethyl adjacent to an activating group) is 1. The lowest BCUT2D eigenvalue weighted by molar-refractivity contribution is -0.117. The smallest absolute Gasteiger partial charge is 0.262 e. The Morgan fingerprint density at radius 1 is 1.03 bits per heavy atom. The van der Waals surface area contributed by atoms with Gasteiger partial charge < -0.3 is 9.64 Å². The number of rotatable bonds is 5. The SMILES string of the molecule is CN1C(=O)Cc2cc(S(=O)(=O)Nc3cc(Cl)ccc3Oc3ccccc3)ccc21. The molecule has 3 aromatic rings. The lowest BCUT2D eigenvalue weighted by atomic mass is 10.2. The van der Waals surface area contributed by atoms with E-state index in [1.54, 1.807) is 37.4 Å². The molecule has 29 heavy (non-hydrogen) atoms. The van der Waals surface area contributed by atoms with Crippen LogP contribution in [-0.2, 0) is 21.2 Å². The number of benzene rings is 3. The first-order chi connectivity index (χ1) is 13.8. The molecule has 0 spiro atoms. The highest BCUT2D eigenvalue weighted by Gasteiger charge is 2.26. The molecule has 1 amide bonds. The fraction of sp³-hybridized carbons (Fsp3) is 0.0952. The molecule has 148 valence electrons. The number of nitrogens with zero attached hydrogens (tertiary/aromatic N) is 1. The predicted octanol–water partition coefficient (Wildman–Crippen LogP) is 4.45. The molecule has 0 unspecified atom stereocenters. The molecule has 0 radical (unpaired) electrons. The maximum absolute atomic E-state index is 13.0. The van der Waals surface area contributed by atoms with Crippen LogP contribution < -0.4 is 14.4 Å². The van der Waals surface area contributed by atoms with Gasteiger partial charge in [-0.2, -0.15) is 0 Å². The van der Waals surface area contributed by atoms with Gasteiger partial charge in [-0.3, -0.25) is 9.52 Å². The minimum atomic E-state index is -3.92. The average Bonchev–Trinajstić information content (AvgIpc) is 2.98. The van der Waals surface area contributed by atoms with Crippen LogP contribution >= 0.6 is 11.6 Å². The van der Waals surface area contributed by atoms with Crippen molar-refractivity contribution >= 4 is 38.9 Å². The van der Waals surface area contributed by atoms with Crippen LogP contribution in [0, 0.1) is 0 Å². The molecular weight excluding hydrogens is 412 g/mol. The number of carbonyl (C=O) groups is 1. The summed E-state index contributed by atoms with van der Waals surface area (Å²) in [5, 5.41) is 0.365. The highest BCUT2D eigenvalue weighted by molar-refractivity contribution is 7.92. The van der Waals surface area contributed by atoms with Gasteiger partial charge in [0.15, 0.2) is 5.75 Å². The van der Waals surface area contributed by atoms with E-state index >= 15 is 0 Å². The van der Waals surface area contributed by atoms with Crippen molar-refractivity contribution < 1.29 is 17.9 Å². The quantitative estimate of drug-likeness (QED) is 0.651. The van der Waals surface area contributed by atoms with Crippen LogP contribution in [0.1, 0.15) is 5.56 Å². The molecule has 0 aromatic heterocycles. The van der Waals surface area contributed by atoms with E-state index in [1.165, 1.54) is 23.1 Å². The molecule has 1 aliphatic rings. The number of sulfonamides is 1. The second kappa shape index (κ2) is 7.42. The van der Waals surface area contributed by atoms with E-state index in [0.29, 0.717) is 27.8 Å². The largest absolute Gasteiger partial charge is 0.455 e. The Balaban J connectivity index is 1.66. The number of para-hydroxylation sites is 1. The maximum Gasteiger partial charge on any atom is 0.262 e. The van der Waals surface area contributed by atoms with Gasteiger partial charge in [-0.15, -0.1) is 0 Å². The number of halogens is 1. The zero-order chi connectivity index (χ0) is 20.6. The van der Waals surface area contributed by atoms with Crippen molar-refractivity contribution in [2.45, 2.75) is 11.3 Å². The fourth-order valence-corrected chi connectivity index (χ4v) is 4.39. The third kappa shape index (κ3) is 3.92. The summed E-state index contributed by atoms with van der Waals surface area (Å²) in [6.07, 6.45) is 0.175. The van der Waals surface area contributed by atoms with Crippen LogP contribution in [0.15, 0.2) is 71.6 Å². The van der Waals surface area contributed by atoms with Crippen LogP contribution in [0.3, 0.4) is 0 Å². The van der Waals surface area contributed by atoms with E-state index in [9.17, 15) is 13.2 Å². The molecule has 0 aliphatic carbocycles. The summed E-state index contributed by atoms with van der Waals surface area (Å²) in [6.45, 7) is 0. The Morgan fingerprint density at radius 2 is 1.79 bits per heavy atom. The van der Waals surface area contributed by atoms with E-state index in [4.69, 9.17) is 16.3 Å². The number of hydrogen-bond acceptors (Lipinski definition) is 4. The first-order valence-electron chi connectivity index (χ1n) is 8.78. The number of ether oxygens (including phenoxy) is 1. The molecule has 1 N–H and O–H groups in total. The van der Waals surface area contributed by atoms with Crippen molar-refractivity contribution in [3.63, 3.8) is 0 Å². The molecule has 0 bridgehead atoms. The van der Waals surface area contributed by atoms with Gasteiger partial charge in [0.25, 0.3) is 10.0 Å². The number of anilines is 2. The summed E-state index contributed by atoms with van der Waals surface area (Å²) in [7, 11) is -2.25. The summed E-state index contributed by atoms with van der Waals surface area (Å²) < 4.78 is 34.3. The third-order valence-electron chi connectivity index (χ3n) is 4.60. The van der Waals surface area contributed by atoms with E-state index < -0.39 is 10.0 Å². The van der Waals surface area contributed by atoms with Crippen LogP contribution in [0.25, 0.3) is 0 Å². The van der Waals surface area contributed by atoms with Crippen LogP contribution in [0.4, 0.5) is 11.4 Å². The third-order valence-corrected chi connectivity index (χ3v) is 6.19. The Kier molecular flexibility index (Phi) is 4.94. The Bertz CT molecular complexity index is 1200. The first kappa shape index (κ1) is 19.3. The number of amides is 1. The van der Waals surface area contributed by atoms with E-state index in [-0.39, 0.29) is 22.9 Å². The fourth-order valence-electron chi connectivity index (χ4n) is 3.10. The second-order valence-electron chi connectivity index (χ2n) is 6.58. The molecule has 0 atom stereocenters. The maximum atomic E-state index is 13.0. The topological polar surface area (TPSA) is 75.7 Å². The Labute approximate surface area is 173 Å². The number of fused-ring (bicyclic) bond motifs is 1. The number of nitrogens with one attached hydrogen (secondary N) is 1. The molecule has 3 aromatic carbocycles. The molecule has 6 nitrogen and oxygen atoms in total. The minimum Gasteiger partial charge on any atom is -0.455 e. The average molecular weight is 429 g/mol. The van der Waals surface area contributed by atoms with Crippen molar-refractivity contribution in [1.82, 2.24) is 0 Å². The van der Waals surface area contributed by atoms with Gasteiger partial charge in [0.2, 0.25) is 5.91 Å². The van der Waals surface area contributed by atoms with Crippen LogP contribution in [-0.4, -0.2) is 21.4 Å². The summed E-state index contributed by atoms with van der Waals surface area (Å²) >= 11 is 6.07. The van der Waals surface area contributed by atoms with Gasteiger partial charge in [-0.05, 0) is 54.1 Å².